The minimum absolute atomic E-state index is 0.372. The molecule has 0 radical (unpaired) electrons. The van der Waals surface area contributed by atoms with Crippen LogP contribution in [0, 0.1) is 0 Å². The van der Waals surface area contributed by atoms with Gasteiger partial charge in [-0.25, -0.2) is 0 Å². The summed E-state index contributed by atoms with van der Waals surface area (Å²) in [5.41, 5.74) is 1.41. The maximum absolute atomic E-state index is 11.8. The van der Waals surface area contributed by atoms with Crippen LogP contribution in [0.15, 0.2) is 11.6 Å². The van der Waals surface area contributed by atoms with E-state index in [4.69, 9.17) is 0 Å². The molecule has 1 rings (SSSR count). The van der Waals surface area contributed by atoms with Crippen molar-refractivity contribution in [3.05, 3.63) is 11.6 Å². The molecule has 17 heavy (non-hydrogen) atoms. The zero-order valence-corrected chi connectivity index (χ0v) is 11.5. The summed E-state index contributed by atoms with van der Waals surface area (Å²) < 4.78 is 0. The molecule has 0 atom stereocenters. The van der Waals surface area contributed by atoms with E-state index in [1.165, 1.54) is 56.9 Å². The normalized spacial score (nSPS) is 23.4. The van der Waals surface area contributed by atoms with E-state index in [1.54, 1.807) is 0 Å². The Morgan fingerprint density at radius 2 is 1.53 bits per heavy atom. The third-order valence-corrected chi connectivity index (χ3v) is 3.64. The molecule has 0 heterocycles. The van der Waals surface area contributed by atoms with Crippen molar-refractivity contribution in [2.24, 2.45) is 0 Å². The van der Waals surface area contributed by atoms with Gasteiger partial charge < -0.3 is 0 Å². The summed E-state index contributed by atoms with van der Waals surface area (Å²) in [5, 5.41) is 0. The third kappa shape index (κ3) is 7.36. The van der Waals surface area contributed by atoms with Crippen LogP contribution < -0.4 is 0 Å². The lowest BCUT2D eigenvalue weighted by atomic mass is 9.97. The van der Waals surface area contributed by atoms with Gasteiger partial charge in [-0.2, -0.15) is 0 Å². The lowest BCUT2D eigenvalue weighted by Crippen LogP contribution is -1.98. The van der Waals surface area contributed by atoms with Crippen molar-refractivity contribution in [3.63, 3.8) is 0 Å². The molecular weight excluding hydrogens is 208 g/mol. The SMILES string of the molecule is CCCC/C1=C/C(=O)CCCCCCCCC1. The number of unbranched alkanes of at least 4 members (excludes halogenated alkanes) is 1. The molecule has 0 fully saturated rings. The molecule has 0 N–H and O–H groups in total. The number of allylic oxidation sites excluding steroid dienone is 2. The first kappa shape index (κ1) is 14.5. The fraction of sp³-hybridized carbons (Fsp3) is 0.812. The fourth-order valence-electron chi connectivity index (χ4n) is 2.51. The van der Waals surface area contributed by atoms with Gasteiger partial charge >= 0.3 is 0 Å². The van der Waals surface area contributed by atoms with E-state index in [0.717, 1.165) is 25.7 Å². The van der Waals surface area contributed by atoms with E-state index in [2.05, 4.69) is 6.92 Å². The van der Waals surface area contributed by atoms with Gasteiger partial charge in [0.15, 0.2) is 5.78 Å². The molecular formula is C16H28O. The fourth-order valence-corrected chi connectivity index (χ4v) is 2.51. The Bertz CT molecular complexity index is 240. The summed E-state index contributed by atoms with van der Waals surface area (Å²) in [6.45, 7) is 2.22. The van der Waals surface area contributed by atoms with Gasteiger partial charge in [0.1, 0.15) is 0 Å². The molecule has 0 aromatic carbocycles. The molecule has 0 aliphatic heterocycles. The molecule has 0 aromatic heterocycles. The summed E-state index contributed by atoms with van der Waals surface area (Å²) in [6.07, 6.45) is 16.5. The summed E-state index contributed by atoms with van der Waals surface area (Å²) in [5.74, 6) is 0.372. The molecule has 1 nitrogen and oxygen atoms in total. The van der Waals surface area contributed by atoms with E-state index in [9.17, 15) is 4.79 Å². The first-order valence-electron chi connectivity index (χ1n) is 7.55. The monoisotopic (exact) mass is 236 g/mol. The van der Waals surface area contributed by atoms with Crippen LogP contribution in [0.1, 0.15) is 84.0 Å². The van der Waals surface area contributed by atoms with Gasteiger partial charge in [-0.15, -0.1) is 0 Å². The van der Waals surface area contributed by atoms with Crippen molar-refractivity contribution < 1.29 is 4.79 Å². The van der Waals surface area contributed by atoms with Crippen LogP contribution in [0.3, 0.4) is 0 Å². The molecule has 1 aliphatic carbocycles. The smallest absolute Gasteiger partial charge is 0.155 e. The van der Waals surface area contributed by atoms with Gasteiger partial charge in [0, 0.05) is 6.42 Å². The van der Waals surface area contributed by atoms with Gasteiger partial charge in [-0.05, 0) is 38.2 Å². The molecule has 0 spiro atoms. The minimum Gasteiger partial charge on any atom is -0.295 e. The summed E-state index contributed by atoms with van der Waals surface area (Å²) in [6, 6.07) is 0. The van der Waals surface area contributed by atoms with Crippen LogP contribution >= 0.6 is 0 Å². The number of rotatable bonds is 3. The van der Waals surface area contributed by atoms with Crippen LogP contribution in [0.4, 0.5) is 0 Å². The zero-order chi connectivity index (χ0) is 12.3. The Hall–Kier alpha value is -0.590. The number of hydrogen-bond donors (Lipinski definition) is 0. The van der Waals surface area contributed by atoms with Crippen LogP contribution in [0.2, 0.25) is 0 Å². The molecule has 0 bridgehead atoms. The lowest BCUT2D eigenvalue weighted by Gasteiger charge is -2.09. The second-order valence-corrected chi connectivity index (χ2v) is 5.35. The molecule has 1 heteroatoms. The standard InChI is InChI=1S/C16H28O/c1-2-3-11-15-12-9-7-5-4-6-8-10-13-16(17)14-15/h14H,2-13H2,1H3/b15-14-. The Morgan fingerprint density at radius 3 is 2.18 bits per heavy atom. The Kier molecular flexibility index (Phi) is 8.04. The first-order chi connectivity index (χ1) is 8.33. The second-order valence-electron chi connectivity index (χ2n) is 5.35. The summed E-state index contributed by atoms with van der Waals surface area (Å²) >= 11 is 0. The molecule has 0 saturated carbocycles. The Labute approximate surface area is 107 Å². The summed E-state index contributed by atoms with van der Waals surface area (Å²) in [4.78, 5) is 11.8. The van der Waals surface area contributed by atoms with Crippen LogP contribution in [0.5, 0.6) is 0 Å². The topological polar surface area (TPSA) is 17.1 Å². The highest BCUT2D eigenvalue weighted by molar-refractivity contribution is 5.90. The van der Waals surface area contributed by atoms with Crippen molar-refractivity contribution in [2.45, 2.75) is 84.0 Å². The van der Waals surface area contributed by atoms with Gasteiger partial charge in [-0.1, -0.05) is 51.0 Å². The largest absolute Gasteiger partial charge is 0.295 e. The molecule has 0 unspecified atom stereocenters. The maximum Gasteiger partial charge on any atom is 0.155 e. The predicted molar refractivity (Wildman–Crippen MR) is 74.2 cm³/mol. The maximum atomic E-state index is 11.8. The van der Waals surface area contributed by atoms with Gasteiger partial charge in [0.2, 0.25) is 0 Å². The van der Waals surface area contributed by atoms with E-state index >= 15 is 0 Å². The highest BCUT2D eigenvalue weighted by atomic mass is 16.1. The van der Waals surface area contributed by atoms with Crippen LogP contribution in [0.25, 0.3) is 0 Å². The molecule has 0 amide bonds. The van der Waals surface area contributed by atoms with Crippen LogP contribution in [-0.2, 0) is 4.79 Å². The van der Waals surface area contributed by atoms with Crippen molar-refractivity contribution in [3.8, 4) is 0 Å². The van der Waals surface area contributed by atoms with E-state index in [1.807, 2.05) is 6.08 Å². The average molecular weight is 236 g/mol. The molecule has 0 aromatic rings. The van der Waals surface area contributed by atoms with Crippen molar-refractivity contribution >= 4 is 5.78 Å². The molecule has 1 aliphatic rings. The van der Waals surface area contributed by atoms with Gasteiger partial charge in [-0.3, -0.25) is 4.79 Å². The molecule has 0 saturated heterocycles. The lowest BCUT2D eigenvalue weighted by molar-refractivity contribution is -0.114. The van der Waals surface area contributed by atoms with Gasteiger partial charge in [0.05, 0.1) is 0 Å². The Balaban J connectivity index is 2.48. The molecule has 98 valence electrons. The summed E-state index contributed by atoms with van der Waals surface area (Å²) in [7, 11) is 0. The minimum atomic E-state index is 0.372. The number of hydrogen-bond acceptors (Lipinski definition) is 1. The number of carbonyl (C=O) groups is 1. The zero-order valence-electron chi connectivity index (χ0n) is 11.5. The third-order valence-electron chi connectivity index (χ3n) is 3.64. The van der Waals surface area contributed by atoms with Crippen molar-refractivity contribution in [2.75, 3.05) is 0 Å². The number of ketones is 1. The second kappa shape index (κ2) is 9.44. The average Bonchev–Trinajstić information content (AvgIpc) is 2.31. The van der Waals surface area contributed by atoms with E-state index < -0.39 is 0 Å². The van der Waals surface area contributed by atoms with Crippen molar-refractivity contribution in [1.29, 1.82) is 0 Å². The highest BCUT2D eigenvalue weighted by Gasteiger charge is 2.04. The van der Waals surface area contributed by atoms with Gasteiger partial charge in [0.25, 0.3) is 0 Å². The number of carbonyl (C=O) groups excluding carboxylic acids is 1. The first-order valence-corrected chi connectivity index (χ1v) is 7.55. The van der Waals surface area contributed by atoms with E-state index in [0.29, 0.717) is 5.78 Å². The Morgan fingerprint density at radius 1 is 0.941 bits per heavy atom. The van der Waals surface area contributed by atoms with Crippen molar-refractivity contribution in [1.82, 2.24) is 0 Å². The van der Waals surface area contributed by atoms with Crippen LogP contribution in [-0.4, -0.2) is 5.78 Å². The highest BCUT2D eigenvalue weighted by Crippen LogP contribution is 2.19. The quantitative estimate of drug-likeness (QED) is 0.658. The van der Waals surface area contributed by atoms with E-state index in [-0.39, 0.29) is 0 Å². The predicted octanol–water partition coefficient (Wildman–Crippen LogP) is 5.20.